The number of hydrogen-bond acceptors (Lipinski definition) is 3. The molecule has 0 spiro atoms. The summed E-state index contributed by atoms with van der Waals surface area (Å²) in [5, 5.41) is 3.61. The first-order valence-electron chi connectivity index (χ1n) is 7.05. The van der Waals surface area contributed by atoms with Crippen molar-refractivity contribution in [3.05, 3.63) is 34.3 Å². The van der Waals surface area contributed by atoms with Crippen LogP contribution in [0.1, 0.15) is 18.5 Å². The summed E-state index contributed by atoms with van der Waals surface area (Å²) in [6, 6.07) is 8.94. The van der Waals surface area contributed by atoms with Gasteiger partial charge in [-0.25, -0.2) is 0 Å². The van der Waals surface area contributed by atoms with Crippen LogP contribution in [0.3, 0.4) is 0 Å². The lowest BCUT2D eigenvalue weighted by molar-refractivity contribution is 0.154. The zero-order valence-electron chi connectivity index (χ0n) is 11.9. The summed E-state index contributed by atoms with van der Waals surface area (Å²) < 4.78 is 1.15. The van der Waals surface area contributed by atoms with Gasteiger partial charge in [0.1, 0.15) is 0 Å². The van der Waals surface area contributed by atoms with Crippen molar-refractivity contribution in [3.63, 3.8) is 0 Å². The molecule has 0 saturated carbocycles. The number of rotatable bonds is 5. The fraction of sp³-hybridized carbons (Fsp3) is 0.600. The average molecular weight is 326 g/mol. The third-order valence-corrected chi connectivity index (χ3v) is 4.32. The number of halogens is 1. The van der Waals surface area contributed by atoms with Crippen molar-refractivity contribution in [2.45, 2.75) is 13.0 Å². The van der Waals surface area contributed by atoms with Gasteiger partial charge in [-0.15, -0.1) is 0 Å². The molecule has 1 aromatic rings. The molecule has 1 atom stereocenters. The SMILES string of the molecule is C[C@@H](NCCN1CCN(C)CC1)c1cccc(Br)c1. The standard InChI is InChI=1S/C15H24BrN3/c1-13(14-4-3-5-15(16)12-14)17-6-7-19-10-8-18(2)9-11-19/h3-5,12-13,17H,6-11H2,1-2H3/t13-/m1/s1. The van der Waals surface area contributed by atoms with E-state index < -0.39 is 0 Å². The molecule has 1 N–H and O–H groups in total. The van der Waals surface area contributed by atoms with Crippen molar-refractivity contribution in [1.82, 2.24) is 15.1 Å². The van der Waals surface area contributed by atoms with Crippen LogP contribution in [-0.4, -0.2) is 56.1 Å². The highest BCUT2D eigenvalue weighted by Crippen LogP contribution is 2.17. The van der Waals surface area contributed by atoms with Crippen LogP contribution in [0.15, 0.2) is 28.7 Å². The minimum absolute atomic E-state index is 0.407. The van der Waals surface area contributed by atoms with E-state index in [0.29, 0.717) is 6.04 Å². The molecule has 19 heavy (non-hydrogen) atoms. The van der Waals surface area contributed by atoms with Crippen LogP contribution in [0.25, 0.3) is 0 Å². The third-order valence-electron chi connectivity index (χ3n) is 3.82. The van der Waals surface area contributed by atoms with Gasteiger partial charge >= 0.3 is 0 Å². The van der Waals surface area contributed by atoms with Gasteiger partial charge in [-0.05, 0) is 31.7 Å². The van der Waals surface area contributed by atoms with Gasteiger partial charge in [-0.1, -0.05) is 28.1 Å². The van der Waals surface area contributed by atoms with E-state index in [9.17, 15) is 0 Å². The molecular weight excluding hydrogens is 302 g/mol. The number of piperazine rings is 1. The first kappa shape index (κ1) is 15.0. The Morgan fingerprint density at radius 2 is 2.00 bits per heavy atom. The maximum absolute atomic E-state index is 3.61. The first-order chi connectivity index (χ1) is 9.15. The number of nitrogens with one attached hydrogen (secondary N) is 1. The van der Waals surface area contributed by atoms with Crippen molar-refractivity contribution in [2.24, 2.45) is 0 Å². The Morgan fingerprint density at radius 1 is 1.26 bits per heavy atom. The van der Waals surface area contributed by atoms with E-state index in [1.807, 2.05) is 0 Å². The van der Waals surface area contributed by atoms with Crippen molar-refractivity contribution < 1.29 is 0 Å². The average Bonchev–Trinajstić information content (AvgIpc) is 2.41. The molecule has 0 amide bonds. The Labute approximate surface area is 125 Å². The normalized spacial score (nSPS) is 19.5. The van der Waals surface area contributed by atoms with Gasteiger partial charge in [-0.2, -0.15) is 0 Å². The molecule has 0 aliphatic carbocycles. The highest BCUT2D eigenvalue weighted by molar-refractivity contribution is 9.10. The molecular formula is C15H24BrN3. The second kappa shape index (κ2) is 7.39. The molecule has 1 aliphatic rings. The van der Waals surface area contributed by atoms with Crippen LogP contribution >= 0.6 is 15.9 Å². The summed E-state index contributed by atoms with van der Waals surface area (Å²) >= 11 is 3.53. The van der Waals surface area contributed by atoms with Gasteiger partial charge < -0.3 is 10.2 Å². The monoisotopic (exact) mass is 325 g/mol. The van der Waals surface area contributed by atoms with E-state index in [1.165, 1.54) is 31.7 Å². The third kappa shape index (κ3) is 4.88. The van der Waals surface area contributed by atoms with Crippen LogP contribution < -0.4 is 5.32 Å². The van der Waals surface area contributed by atoms with Gasteiger partial charge in [0.05, 0.1) is 0 Å². The predicted molar refractivity (Wildman–Crippen MR) is 84.5 cm³/mol. The molecule has 1 aromatic carbocycles. The van der Waals surface area contributed by atoms with Gasteiger partial charge in [0, 0.05) is 49.8 Å². The molecule has 1 aliphatic heterocycles. The van der Waals surface area contributed by atoms with Crippen molar-refractivity contribution in [2.75, 3.05) is 46.3 Å². The zero-order valence-corrected chi connectivity index (χ0v) is 13.5. The Balaban J connectivity index is 1.70. The summed E-state index contributed by atoms with van der Waals surface area (Å²) in [4.78, 5) is 4.94. The van der Waals surface area contributed by atoms with E-state index in [-0.39, 0.29) is 0 Å². The predicted octanol–water partition coefficient (Wildman–Crippen LogP) is 2.35. The number of likely N-dealkylation sites (N-methyl/N-ethyl adjacent to an activating group) is 1. The lowest BCUT2D eigenvalue weighted by Crippen LogP contribution is -2.46. The lowest BCUT2D eigenvalue weighted by atomic mass is 10.1. The molecule has 4 heteroatoms. The maximum atomic E-state index is 3.61. The summed E-state index contributed by atoms with van der Waals surface area (Å²) in [7, 11) is 2.20. The topological polar surface area (TPSA) is 18.5 Å². The maximum Gasteiger partial charge on any atom is 0.0292 e. The number of nitrogens with zero attached hydrogens (tertiary/aromatic N) is 2. The van der Waals surface area contributed by atoms with Crippen LogP contribution in [0, 0.1) is 0 Å². The first-order valence-corrected chi connectivity index (χ1v) is 7.84. The van der Waals surface area contributed by atoms with Crippen molar-refractivity contribution in [1.29, 1.82) is 0 Å². The molecule has 0 aromatic heterocycles. The Bertz CT molecular complexity index is 389. The molecule has 1 fully saturated rings. The van der Waals surface area contributed by atoms with E-state index in [2.05, 4.69) is 69.3 Å². The largest absolute Gasteiger partial charge is 0.309 e. The van der Waals surface area contributed by atoms with Crippen LogP contribution in [0.5, 0.6) is 0 Å². The molecule has 1 saturated heterocycles. The second-order valence-electron chi connectivity index (χ2n) is 5.38. The van der Waals surface area contributed by atoms with Crippen molar-refractivity contribution in [3.8, 4) is 0 Å². The smallest absolute Gasteiger partial charge is 0.0292 e. The van der Waals surface area contributed by atoms with Gasteiger partial charge in [0.25, 0.3) is 0 Å². The minimum atomic E-state index is 0.407. The molecule has 2 rings (SSSR count). The summed E-state index contributed by atoms with van der Waals surface area (Å²) in [6.45, 7) is 9.21. The second-order valence-corrected chi connectivity index (χ2v) is 6.29. The minimum Gasteiger partial charge on any atom is -0.309 e. The van der Waals surface area contributed by atoms with Gasteiger partial charge in [0.15, 0.2) is 0 Å². The number of benzene rings is 1. The summed E-state index contributed by atoms with van der Waals surface area (Å²) in [5.41, 5.74) is 1.34. The number of hydrogen-bond donors (Lipinski definition) is 1. The van der Waals surface area contributed by atoms with Gasteiger partial charge in [0.2, 0.25) is 0 Å². The molecule has 0 bridgehead atoms. The van der Waals surface area contributed by atoms with E-state index in [1.54, 1.807) is 0 Å². The molecule has 3 nitrogen and oxygen atoms in total. The molecule has 0 radical (unpaired) electrons. The van der Waals surface area contributed by atoms with E-state index in [4.69, 9.17) is 0 Å². The Kier molecular flexibility index (Phi) is 5.82. The fourth-order valence-corrected chi connectivity index (χ4v) is 2.82. The van der Waals surface area contributed by atoms with Crippen LogP contribution in [0.2, 0.25) is 0 Å². The van der Waals surface area contributed by atoms with Crippen LogP contribution in [0.4, 0.5) is 0 Å². The lowest BCUT2D eigenvalue weighted by Gasteiger charge is -2.32. The zero-order chi connectivity index (χ0) is 13.7. The quantitative estimate of drug-likeness (QED) is 0.896. The summed E-state index contributed by atoms with van der Waals surface area (Å²) in [6.07, 6.45) is 0. The fourth-order valence-electron chi connectivity index (χ4n) is 2.40. The van der Waals surface area contributed by atoms with Crippen LogP contribution in [-0.2, 0) is 0 Å². The highest BCUT2D eigenvalue weighted by Gasteiger charge is 2.13. The Morgan fingerprint density at radius 3 is 2.68 bits per heavy atom. The van der Waals surface area contributed by atoms with Gasteiger partial charge in [-0.3, -0.25) is 4.90 Å². The van der Waals surface area contributed by atoms with Crippen molar-refractivity contribution >= 4 is 15.9 Å². The van der Waals surface area contributed by atoms with E-state index in [0.717, 1.165) is 17.6 Å². The highest BCUT2D eigenvalue weighted by atomic mass is 79.9. The molecule has 1 heterocycles. The molecule has 106 valence electrons. The van der Waals surface area contributed by atoms with E-state index >= 15 is 0 Å². The molecule has 0 unspecified atom stereocenters. The Hall–Kier alpha value is -0.420. The summed E-state index contributed by atoms with van der Waals surface area (Å²) in [5.74, 6) is 0.